The first-order valence-corrected chi connectivity index (χ1v) is 9.59. The van der Waals surface area contributed by atoms with Gasteiger partial charge in [-0.2, -0.15) is 0 Å². The first kappa shape index (κ1) is 18.9. The van der Waals surface area contributed by atoms with Crippen molar-refractivity contribution in [2.45, 2.75) is 31.6 Å². The monoisotopic (exact) mass is 352 g/mol. The zero-order valence-electron chi connectivity index (χ0n) is 14.8. The lowest BCUT2D eigenvalue weighted by atomic mass is 10.1. The minimum absolute atomic E-state index is 0.0629. The lowest BCUT2D eigenvalue weighted by Gasteiger charge is -2.25. The average Bonchev–Trinajstić information content (AvgIpc) is 2.98. The molecule has 5 nitrogen and oxygen atoms in total. The van der Waals surface area contributed by atoms with E-state index in [1.807, 2.05) is 23.1 Å². The number of nitrogens with zero attached hydrogens (tertiary/aromatic N) is 1. The molecule has 1 aromatic rings. The van der Waals surface area contributed by atoms with Gasteiger partial charge in [-0.15, -0.1) is 11.8 Å². The van der Waals surface area contributed by atoms with Crippen LogP contribution < -0.4 is 14.8 Å². The predicted molar refractivity (Wildman–Crippen MR) is 98.9 cm³/mol. The molecule has 1 N–H and O–H groups in total. The van der Waals surface area contributed by atoms with Gasteiger partial charge < -0.3 is 19.7 Å². The third kappa shape index (κ3) is 4.80. The topological polar surface area (TPSA) is 50.8 Å². The second-order valence-corrected chi connectivity index (χ2v) is 6.89. The van der Waals surface area contributed by atoms with Crippen molar-refractivity contribution in [2.24, 2.45) is 0 Å². The summed E-state index contributed by atoms with van der Waals surface area (Å²) in [4.78, 5) is 14.2. The number of carbonyl (C=O) groups excluding carboxylic acids is 1. The van der Waals surface area contributed by atoms with Crippen LogP contribution in [0.2, 0.25) is 0 Å². The van der Waals surface area contributed by atoms with Gasteiger partial charge in [0, 0.05) is 6.54 Å². The summed E-state index contributed by atoms with van der Waals surface area (Å²) in [5.74, 6) is 2.18. The van der Waals surface area contributed by atoms with Gasteiger partial charge in [0.25, 0.3) is 0 Å². The van der Waals surface area contributed by atoms with E-state index in [4.69, 9.17) is 9.47 Å². The van der Waals surface area contributed by atoms with E-state index in [0.29, 0.717) is 17.3 Å². The van der Waals surface area contributed by atoms with Crippen LogP contribution in [0.25, 0.3) is 0 Å². The van der Waals surface area contributed by atoms with E-state index in [0.717, 1.165) is 31.6 Å². The number of ether oxygens (including phenoxy) is 2. The van der Waals surface area contributed by atoms with E-state index in [2.05, 4.69) is 12.2 Å². The van der Waals surface area contributed by atoms with Gasteiger partial charge in [0.1, 0.15) is 5.37 Å². The lowest BCUT2D eigenvalue weighted by Crippen LogP contribution is -2.31. The Kier molecular flexibility index (Phi) is 7.72. The quantitative estimate of drug-likeness (QED) is 0.656. The molecule has 2 rings (SSSR count). The first-order chi connectivity index (χ1) is 11.7. The Hall–Kier alpha value is -1.40. The van der Waals surface area contributed by atoms with Crippen LogP contribution in [0.5, 0.6) is 11.5 Å². The molecule has 0 aromatic heterocycles. The first-order valence-electron chi connectivity index (χ1n) is 8.55. The molecule has 1 unspecified atom stereocenters. The maximum absolute atomic E-state index is 12.2. The van der Waals surface area contributed by atoms with Crippen molar-refractivity contribution in [3.8, 4) is 11.5 Å². The molecule has 0 spiro atoms. The molecule has 1 aliphatic rings. The zero-order chi connectivity index (χ0) is 17.4. The molecule has 24 heavy (non-hydrogen) atoms. The molecule has 1 atom stereocenters. The molecule has 6 heteroatoms. The van der Waals surface area contributed by atoms with Crippen LogP contribution in [-0.2, 0) is 4.79 Å². The fourth-order valence-corrected chi connectivity index (χ4v) is 3.99. The Morgan fingerprint density at radius 1 is 1.21 bits per heavy atom. The fraction of sp³-hybridized carbons (Fsp3) is 0.611. The molecule has 1 aromatic carbocycles. The Morgan fingerprint density at radius 3 is 2.67 bits per heavy atom. The minimum atomic E-state index is 0.0629. The Morgan fingerprint density at radius 2 is 1.96 bits per heavy atom. The number of nitrogens with one attached hydrogen (secondary N) is 1. The Labute approximate surface area is 149 Å². The number of thioether (sulfide) groups is 1. The third-order valence-electron chi connectivity index (χ3n) is 4.12. The van der Waals surface area contributed by atoms with E-state index >= 15 is 0 Å². The van der Waals surface area contributed by atoms with Gasteiger partial charge in [0.2, 0.25) is 5.91 Å². The molecule has 1 heterocycles. The lowest BCUT2D eigenvalue weighted by molar-refractivity contribution is -0.128. The van der Waals surface area contributed by atoms with E-state index in [-0.39, 0.29) is 11.3 Å². The molecule has 1 fully saturated rings. The van der Waals surface area contributed by atoms with Crippen molar-refractivity contribution in [3.05, 3.63) is 23.8 Å². The second kappa shape index (κ2) is 9.79. The van der Waals surface area contributed by atoms with Crippen molar-refractivity contribution in [3.63, 3.8) is 0 Å². The predicted octanol–water partition coefficient (Wildman–Crippen LogP) is 3.06. The summed E-state index contributed by atoms with van der Waals surface area (Å²) in [5.41, 5.74) is 1.09. The van der Waals surface area contributed by atoms with Gasteiger partial charge in [-0.25, -0.2) is 0 Å². The molecule has 1 amide bonds. The Bertz CT molecular complexity index is 539. The molecule has 134 valence electrons. The van der Waals surface area contributed by atoms with Crippen molar-refractivity contribution >= 4 is 17.7 Å². The Balaban J connectivity index is 1.96. The SMILES string of the molecule is CCCCNCCCN1C(=O)CSC1c1ccc(OC)c(OC)c1. The van der Waals surface area contributed by atoms with E-state index in [1.165, 1.54) is 12.8 Å². The number of methoxy groups -OCH3 is 2. The van der Waals surface area contributed by atoms with E-state index in [9.17, 15) is 4.79 Å². The van der Waals surface area contributed by atoms with Crippen LogP contribution in [0.15, 0.2) is 18.2 Å². The molecule has 0 saturated carbocycles. The molecule has 1 aliphatic heterocycles. The molecule has 0 aliphatic carbocycles. The number of carbonyl (C=O) groups is 1. The molecular weight excluding hydrogens is 324 g/mol. The fourth-order valence-electron chi connectivity index (χ4n) is 2.78. The number of benzene rings is 1. The molecule has 1 saturated heterocycles. The van der Waals surface area contributed by atoms with Crippen molar-refractivity contribution in [1.82, 2.24) is 10.2 Å². The van der Waals surface area contributed by atoms with Crippen LogP contribution in [-0.4, -0.2) is 50.4 Å². The molecule has 0 bridgehead atoms. The highest BCUT2D eigenvalue weighted by Crippen LogP contribution is 2.41. The normalized spacial score (nSPS) is 17.4. The van der Waals surface area contributed by atoms with Gasteiger partial charge in [-0.05, 0) is 43.6 Å². The average molecular weight is 353 g/mol. The van der Waals surface area contributed by atoms with Gasteiger partial charge >= 0.3 is 0 Å². The van der Waals surface area contributed by atoms with Gasteiger partial charge in [-0.3, -0.25) is 4.79 Å². The van der Waals surface area contributed by atoms with E-state index < -0.39 is 0 Å². The summed E-state index contributed by atoms with van der Waals surface area (Å²) >= 11 is 1.68. The minimum Gasteiger partial charge on any atom is -0.493 e. The highest BCUT2D eigenvalue weighted by atomic mass is 32.2. The van der Waals surface area contributed by atoms with E-state index in [1.54, 1.807) is 26.0 Å². The summed E-state index contributed by atoms with van der Waals surface area (Å²) in [6, 6.07) is 5.90. The maximum atomic E-state index is 12.2. The number of amides is 1. The summed E-state index contributed by atoms with van der Waals surface area (Å²) in [6.45, 7) is 4.98. The van der Waals surface area contributed by atoms with Crippen LogP contribution in [0, 0.1) is 0 Å². The van der Waals surface area contributed by atoms with Crippen LogP contribution >= 0.6 is 11.8 Å². The van der Waals surface area contributed by atoms with Crippen LogP contribution in [0.4, 0.5) is 0 Å². The zero-order valence-corrected chi connectivity index (χ0v) is 15.7. The number of hydrogen-bond acceptors (Lipinski definition) is 5. The highest BCUT2D eigenvalue weighted by molar-refractivity contribution is 8.00. The molecule has 0 radical (unpaired) electrons. The van der Waals surface area contributed by atoms with Gasteiger partial charge in [0.05, 0.1) is 20.0 Å². The maximum Gasteiger partial charge on any atom is 0.233 e. The standard InChI is InChI=1S/C18H28N2O3S/c1-4-5-9-19-10-6-11-20-17(21)13-24-18(20)14-7-8-15(22-2)16(12-14)23-3/h7-8,12,18-19H,4-6,9-11,13H2,1-3H3. The number of unbranched alkanes of at least 4 members (excludes halogenated alkanes) is 1. The smallest absolute Gasteiger partial charge is 0.233 e. The summed E-state index contributed by atoms with van der Waals surface area (Å²) < 4.78 is 10.7. The van der Waals surface area contributed by atoms with Gasteiger partial charge in [0.15, 0.2) is 11.5 Å². The summed E-state index contributed by atoms with van der Waals surface area (Å²) in [5, 5.41) is 3.49. The largest absolute Gasteiger partial charge is 0.493 e. The summed E-state index contributed by atoms with van der Waals surface area (Å²) in [6.07, 6.45) is 3.38. The van der Waals surface area contributed by atoms with Crippen LogP contribution in [0.3, 0.4) is 0 Å². The molecular formula is C18H28N2O3S. The number of rotatable bonds is 10. The second-order valence-electron chi connectivity index (χ2n) is 5.82. The van der Waals surface area contributed by atoms with Crippen molar-refractivity contribution < 1.29 is 14.3 Å². The third-order valence-corrected chi connectivity index (χ3v) is 5.38. The van der Waals surface area contributed by atoms with Crippen molar-refractivity contribution in [1.29, 1.82) is 0 Å². The van der Waals surface area contributed by atoms with Crippen molar-refractivity contribution in [2.75, 3.05) is 39.6 Å². The van der Waals surface area contributed by atoms with Gasteiger partial charge in [-0.1, -0.05) is 19.4 Å². The summed E-state index contributed by atoms with van der Waals surface area (Å²) in [7, 11) is 3.26. The number of hydrogen-bond donors (Lipinski definition) is 1. The van der Waals surface area contributed by atoms with Crippen LogP contribution in [0.1, 0.15) is 37.1 Å². The highest BCUT2D eigenvalue weighted by Gasteiger charge is 2.32.